The summed E-state index contributed by atoms with van der Waals surface area (Å²) in [6, 6.07) is 7.67. The molecular formula is C23H28N2O4. The summed E-state index contributed by atoms with van der Waals surface area (Å²) >= 11 is 0. The van der Waals surface area contributed by atoms with E-state index in [2.05, 4.69) is 9.88 Å². The van der Waals surface area contributed by atoms with Gasteiger partial charge in [-0.05, 0) is 44.0 Å². The van der Waals surface area contributed by atoms with Crippen molar-refractivity contribution in [3.8, 4) is 0 Å². The van der Waals surface area contributed by atoms with E-state index in [4.69, 9.17) is 9.15 Å². The topological polar surface area (TPSA) is 72.6 Å². The molecule has 29 heavy (non-hydrogen) atoms. The quantitative estimate of drug-likeness (QED) is 0.536. The van der Waals surface area contributed by atoms with Crippen molar-refractivity contribution < 1.29 is 18.7 Å². The molecule has 1 aromatic heterocycles. The maximum atomic E-state index is 12.5. The average Bonchev–Trinajstić information content (AvgIpc) is 3.26. The van der Waals surface area contributed by atoms with Crippen LogP contribution < -0.4 is 4.90 Å². The summed E-state index contributed by atoms with van der Waals surface area (Å²) < 4.78 is 11.3. The summed E-state index contributed by atoms with van der Waals surface area (Å²) in [6.07, 6.45) is 8.71. The van der Waals surface area contributed by atoms with Crippen molar-refractivity contribution >= 4 is 17.4 Å². The second-order valence-corrected chi connectivity index (χ2v) is 8.10. The van der Waals surface area contributed by atoms with Crippen LogP contribution >= 0.6 is 0 Å². The minimum atomic E-state index is -0.389. The predicted octanol–water partition coefficient (Wildman–Crippen LogP) is 4.75. The van der Waals surface area contributed by atoms with Crippen LogP contribution in [-0.2, 0) is 4.74 Å². The zero-order valence-electron chi connectivity index (χ0n) is 16.9. The minimum Gasteiger partial charge on any atom is -0.457 e. The summed E-state index contributed by atoms with van der Waals surface area (Å²) in [7, 11) is 0. The summed E-state index contributed by atoms with van der Waals surface area (Å²) in [6.45, 7) is 3.19. The molecule has 1 aliphatic carbocycles. The van der Waals surface area contributed by atoms with Gasteiger partial charge in [0.1, 0.15) is 12.4 Å². The number of benzene rings is 1. The predicted molar refractivity (Wildman–Crippen MR) is 109 cm³/mol. The molecule has 0 radical (unpaired) electrons. The molecule has 6 heteroatoms. The summed E-state index contributed by atoms with van der Waals surface area (Å²) in [5, 5.41) is 0. The zero-order valence-corrected chi connectivity index (χ0v) is 16.9. The highest BCUT2D eigenvalue weighted by atomic mass is 16.5. The summed E-state index contributed by atoms with van der Waals surface area (Å²) in [5.74, 6) is 0.699. The number of carbonyl (C=O) groups excluding carboxylic acids is 2. The van der Waals surface area contributed by atoms with Crippen LogP contribution in [0.2, 0.25) is 0 Å². The first-order chi connectivity index (χ1) is 14.1. The average molecular weight is 396 g/mol. The Morgan fingerprint density at radius 1 is 1.03 bits per heavy atom. The van der Waals surface area contributed by atoms with Gasteiger partial charge in [-0.1, -0.05) is 19.3 Å². The van der Waals surface area contributed by atoms with Gasteiger partial charge in [-0.2, -0.15) is 0 Å². The highest BCUT2D eigenvalue weighted by Crippen LogP contribution is 2.32. The van der Waals surface area contributed by atoms with E-state index in [-0.39, 0.29) is 23.6 Å². The van der Waals surface area contributed by atoms with Crippen molar-refractivity contribution in [2.75, 3.05) is 18.0 Å². The Labute approximate surface area is 171 Å². The standard InChI is InChI=1S/C23H28N2O4/c1-16(26)17-7-9-19(10-8-17)25-13-11-20(12-14-25)29-23(27)21-15-28-22(24-21)18-5-3-2-4-6-18/h7-10,15,18,20H,2-6,11-14H2,1H3. The number of anilines is 1. The third-order valence-electron chi connectivity index (χ3n) is 6.04. The lowest BCUT2D eigenvalue weighted by molar-refractivity contribution is 0.0238. The van der Waals surface area contributed by atoms with Crippen molar-refractivity contribution in [1.82, 2.24) is 4.98 Å². The number of hydrogen-bond acceptors (Lipinski definition) is 6. The molecule has 0 N–H and O–H groups in total. The van der Waals surface area contributed by atoms with Crippen LogP contribution in [0.5, 0.6) is 0 Å². The SMILES string of the molecule is CC(=O)c1ccc(N2CCC(OC(=O)c3coc(C4CCCCC4)n3)CC2)cc1. The highest BCUT2D eigenvalue weighted by Gasteiger charge is 2.26. The second kappa shape index (κ2) is 8.80. The van der Waals surface area contributed by atoms with E-state index in [0.29, 0.717) is 11.8 Å². The smallest absolute Gasteiger partial charge is 0.360 e. The van der Waals surface area contributed by atoms with E-state index < -0.39 is 0 Å². The number of ketones is 1. The van der Waals surface area contributed by atoms with E-state index in [1.54, 1.807) is 6.92 Å². The van der Waals surface area contributed by atoms with Crippen LogP contribution in [0, 0.1) is 0 Å². The van der Waals surface area contributed by atoms with E-state index in [1.807, 2.05) is 24.3 Å². The summed E-state index contributed by atoms with van der Waals surface area (Å²) in [4.78, 5) is 30.5. The van der Waals surface area contributed by atoms with E-state index >= 15 is 0 Å². The Bertz CT molecular complexity index is 844. The fourth-order valence-electron chi connectivity index (χ4n) is 4.27. The molecule has 0 bridgehead atoms. The Balaban J connectivity index is 1.28. The molecule has 1 aromatic carbocycles. The maximum absolute atomic E-state index is 12.5. The number of esters is 1. The number of rotatable bonds is 5. The van der Waals surface area contributed by atoms with E-state index in [1.165, 1.54) is 25.5 Å². The van der Waals surface area contributed by atoms with Gasteiger partial charge in [0.15, 0.2) is 17.4 Å². The Morgan fingerprint density at radius 2 is 1.72 bits per heavy atom. The lowest BCUT2D eigenvalue weighted by atomic mass is 9.89. The van der Waals surface area contributed by atoms with Crippen LogP contribution in [0.4, 0.5) is 5.69 Å². The van der Waals surface area contributed by atoms with Gasteiger partial charge in [0.2, 0.25) is 0 Å². The molecule has 1 aliphatic heterocycles. The number of carbonyl (C=O) groups is 2. The molecule has 2 heterocycles. The minimum absolute atomic E-state index is 0.0710. The third kappa shape index (κ3) is 4.69. The first-order valence-corrected chi connectivity index (χ1v) is 10.6. The fraction of sp³-hybridized carbons (Fsp3) is 0.522. The maximum Gasteiger partial charge on any atom is 0.360 e. The molecule has 0 unspecified atom stereocenters. The van der Waals surface area contributed by atoms with Gasteiger partial charge in [0.05, 0.1) is 0 Å². The number of Topliss-reactive ketones (excluding diaryl/α,β-unsaturated/α-hetero) is 1. The first kappa shape index (κ1) is 19.7. The van der Waals surface area contributed by atoms with Crippen molar-refractivity contribution in [1.29, 1.82) is 0 Å². The zero-order chi connectivity index (χ0) is 20.2. The number of nitrogens with zero attached hydrogens (tertiary/aromatic N) is 2. The molecule has 1 saturated heterocycles. The van der Waals surface area contributed by atoms with Crippen LogP contribution in [0.15, 0.2) is 34.9 Å². The fourth-order valence-corrected chi connectivity index (χ4v) is 4.27. The molecule has 2 fully saturated rings. The van der Waals surface area contributed by atoms with E-state index in [0.717, 1.165) is 50.0 Å². The molecule has 0 atom stereocenters. The Morgan fingerprint density at radius 3 is 2.38 bits per heavy atom. The van der Waals surface area contributed by atoms with Gasteiger partial charge in [-0.3, -0.25) is 4.79 Å². The summed E-state index contributed by atoms with van der Waals surface area (Å²) in [5.41, 5.74) is 2.10. The number of aromatic nitrogens is 1. The van der Waals surface area contributed by atoms with Crippen LogP contribution in [0.25, 0.3) is 0 Å². The molecule has 154 valence electrons. The van der Waals surface area contributed by atoms with Crippen LogP contribution in [0.3, 0.4) is 0 Å². The van der Waals surface area contributed by atoms with Gasteiger partial charge in [0, 0.05) is 43.1 Å². The number of piperidine rings is 1. The lowest BCUT2D eigenvalue weighted by Gasteiger charge is -2.33. The monoisotopic (exact) mass is 396 g/mol. The molecule has 0 spiro atoms. The van der Waals surface area contributed by atoms with Gasteiger partial charge in [-0.25, -0.2) is 9.78 Å². The molecule has 6 nitrogen and oxygen atoms in total. The largest absolute Gasteiger partial charge is 0.457 e. The Kier molecular flexibility index (Phi) is 5.97. The third-order valence-corrected chi connectivity index (χ3v) is 6.04. The molecular weight excluding hydrogens is 368 g/mol. The molecule has 1 saturated carbocycles. The van der Waals surface area contributed by atoms with Gasteiger partial charge in [0.25, 0.3) is 0 Å². The number of oxazole rings is 1. The number of hydrogen-bond donors (Lipinski definition) is 0. The van der Waals surface area contributed by atoms with Crippen LogP contribution in [0.1, 0.15) is 84.5 Å². The number of ether oxygens (including phenoxy) is 1. The normalized spacial score (nSPS) is 18.6. The highest BCUT2D eigenvalue weighted by molar-refractivity contribution is 5.94. The first-order valence-electron chi connectivity index (χ1n) is 10.6. The lowest BCUT2D eigenvalue weighted by Crippen LogP contribution is -2.37. The van der Waals surface area contributed by atoms with Gasteiger partial charge < -0.3 is 14.1 Å². The van der Waals surface area contributed by atoms with Crippen molar-refractivity contribution in [2.24, 2.45) is 0 Å². The molecule has 2 aliphatic rings. The van der Waals surface area contributed by atoms with Crippen LogP contribution in [-0.4, -0.2) is 35.9 Å². The van der Waals surface area contributed by atoms with Crippen molar-refractivity contribution in [2.45, 2.75) is 63.9 Å². The van der Waals surface area contributed by atoms with Crippen molar-refractivity contribution in [3.63, 3.8) is 0 Å². The van der Waals surface area contributed by atoms with Crippen molar-refractivity contribution in [3.05, 3.63) is 47.7 Å². The molecule has 0 amide bonds. The second-order valence-electron chi connectivity index (χ2n) is 8.10. The molecule has 2 aromatic rings. The molecule has 4 rings (SSSR count). The van der Waals surface area contributed by atoms with E-state index in [9.17, 15) is 9.59 Å². The Hall–Kier alpha value is -2.63. The van der Waals surface area contributed by atoms with Gasteiger partial charge >= 0.3 is 5.97 Å². The van der Waals surface area contributed by atoms with Gasteiger partial charge in [-0.15, -0.1) is 0 Å².